The molecule has 4 heteroatoms. The Bertz CT molecular complexity index is 484. The summed E-state index contributed by atoms with van der Waals surface area (Å²) >= 11 is 1.74. The summed E-state index contributed by atoms with van der Waals surface area (Å²) in [5, 5.41) is 1.15. The molecule has 2 unspecified atom stereocenters. The molecule has 0 spiro atoms. The molecule has 1 aliphatic rings. The molecule has 0 saturated heterocycles. The molecule has 0 amide bonds. The van der Waals surface area contributed by atoms with E-state index in [2.05, 4.69) is 22.1 Å². The highest BCUT2D eigenvalue weighted by molar-refractivity contribution is 7.18. The Kier molecular flexibility index (Phi) is 2.04. The normalized spacial score (nSPS) is 25.1. The van der Waals surface area contributed by atoms with Gasteiger partial charge in [-0.15, -0.1) is 11.3 Å². The number of aromatic nitrogens is 2. The Morgan fingerprint density at radius 3 is 3.07 bits per heavy atom. The van der Waals surface area contributed by atoms with Crippen molar-refractivity contribution < 1.29 is 0 Å². The van der Waals surface area contributed by atoms with Crippen molar-refractivity contribution >= 4 is 21.6 Å². The summed E-state index contributed by atoms with van der Waals surface area (Å²) < 4.78 is 1.20. The summed E-state index contributed by atoms with van der Waals surface area (Å²) in [6.45, 7) is 0. The Morgan fingerprint density at radius 2 is 2.33 bits per heavy atom. The molecule has 2 aromatic heterocycles. The minimum Gasteiger partial charge on any atom is -0.324 e. The summed E-state index contributed by atoms with van der Waals surface area (Å²) in [7, 11) is 0. The van der Waals surface area contributed by atoms with Gasteiger partial charge in [-0.05, 0) is 12.5 Å². The molecule has 0 fully saturated rings. The van der Waals surface area contributed by atoms with E-state index in [1.807, 2.05) is 12.3 Å². The van der Waals surface area contributed by atoms with Crippen LogP contribution in [0.2, 0.25) is 0 Å². The predicted octanol–water partition coefficient (Wildman–Crippen LogP) is 2.06. The zero-order valence-corrected chi connectivity index (χ0v) is 8.95. The Labute approximate surface area is 91.7 Å². The van der Waals surface area contributed by atoms with E-state index in [0.717, 1.165) is 16.9 Å². The second-order valence-electron chi connectivity index (χ2n) is 3.79. The number of rotatable bonds is 1. The second-order valence-corrected chi connectivity index (χ2v) is 4.85. The molecule has 76 valence electrons. The zero-order valence-electron chi connectivity index (χ0n) is 8.13. The molecule has 2 atom stereocenters. The summed E-state index contributed by atoms with van der Waals surface area (Å²) in [4.78, 5) is 8.65. The minimum atomic E-state index is 0.195. The topological polar surface area (TPSA) is 51.8 Å². The maximum atomic E-state index is 5.83. The van der Waals surface area contributed by atoms with Crippen LogP contribution in [0.4, 0.5) is 0 Å². The van der Waals surface area contributed by atoms with Gasteiger partial charge in [-0.25, -0.2) is 4.98 Å². The van der Waals surface area contributed by atoms with Gasteiger partial charge in [-0.3, -0.25) is 4.98 Å². The summed E-state index contributed by atoms with van der Waals surface area (Å²) in [5.41, 5.74) is 6.83. The van der Waals surface area contributed by atoms with Crippen LogP contribution in [0.25, 0.3) is 10.2 Å². The van der Waals surface area contributed by atoms with Crippen LogP contribution in [0, 0.1) is 0 Å². The number of thiazole rings is 1. The van der Waals surface area contributed by atoms with E-state index in [-0.39, 0.29) is 6.04 Å². The van der Waals surface area contributed by atoms with Crippen molar-refractivity contribution in [2.75, 3.05) is 0 Å². The van der Waals surface area contributed by atoms with Crippen LogP contribution in [0.3, 0.4) is 0 Å². The van der Waals surface area contributed by atoms with Gasteiger partial charge in [0, 0.05) is 18.2 Å². The zero-order chi connectivity index (χ0) is 10.3. The maximum Gasteiger partial charge on any atom is 0.101 e. The summed E-state index contributed by atoms with van der Waals surface area (Å²) in [6, 6.07) is 2.20. The number of allylic oxidation sites excluding steroid dienone is 1. The number of fused-ring (bicyclic) bond motifs is 1. The molecule has 1 aliphatic carbocycles. The fourth-order valence-electron chi connectivity index (χ4n) is 1.87. The first-order valence-electron chi connectivity index (χ1n) is 4.97. The smallest absolute Gasteiger partial charge is 0.101 e. The SMILES string of the molecule is NC1C=CC(c2nc3cnccc3s2)C1. The van der Waals surface area contributed by atoms with Crippen molar-refractivity contribution in [2.45, 2.75) is 18.4 Å². The Balaban J connectivity index is 2.02. The van der Waals surface area contributed by atoms with Gasteiger partial charge < -0.3 is 5.73 Å². The van der Waals surface area contributed by atoms with Crippen molar-refractivity contribution in [3.05, 3.63) is 35.6 Å². The van der Waals surface area contributed by atoms with Gasteiger partial charge in [0.25, 0.3) is 0 Å². The summed E-state index contributed by atoms with van der Waals surface area (Å²) in [5.74, 6) is 0.400. The number of pyridine rings is 1. The lowest BCUT2D eigenvalue weighted by atomic mass is 10.1. The highest BCUT2D eigenvalue weighted by Gasteiger charge is 2.20. The molecule has 2 N–H and O–H groups in total. The van der Waals surface area contributed by atoms with E-state index in [9.17, 15) is 0 Å². The molecule has 0 aromatic carbocycles. The molecule has 0 radical (unpaired) electrons. The van der Waals surface area contributed by atoms with Gasteiger partial charge >= 0.3 is 0 Å². The third-order valence-corrected chi connectivity index (χ3v) is 3.81. The van der Waals surface area contributed by atoms with Crippen LogP contribution in [-0.4, -0.2) is 16.0 Å². The van der Waals surface area contributed by atoms with Gasteiger partial charge in [-0.1, -0.05) is 12.2 Å². The van der Waals surface area contributed by atoms with Gasteiger partial charge in [0.1, 0.15) is 5.01 Å². The largest absolute Gasteiger partial charge is 0.324 e. The molecule has 2 aromatic rings. The highest BCUT2D eigenvalue weighted by atomic mass is 32.1. The number of nitrogens with zero attached hydrogens (tertiary/aromatic N) is 2. The molecule has 0 saturated carbocycles. The monoisotopic (exact) mass is 217 g/mol. The Hall–Kier alpha value is -1.26. The molecule has 2 heterocycles. The average Bonchev–Trinajstić information content (AvgIpc) is 2.82. The van der Waals surface area contributed by atoms with Crippen molar-refractivity contribution in [2.24, 2.45) is 5.73 Å². The van der Waals surface area contributed by atoms with Crippen LogP contribution in [0.15, 0.2) is 30.6 Å². The highest BCUT2D eigenvalue weighted by Crippen LogP contribution is 2.33. The van der Waals surface area contributed by atoms with E-state index in [1.54, 1.807) is 17.5 Å². The predicted molar refractivity (Wildman–Crippen MR) is 61.9 cm³/mol. The molecule has 3 rings (SSSR count). The standard InChI is InChI=1S/C11H11N3S/c12-8-2-1-7(5-8)11-14-9-6-13-4-3-10(9)15-11/h1-4,6-8H,5,12H2. The average molecular weight is 217 g/mol. The molecule has 15 heavy (non-hydrogen) atoms. The second kappa shape index (κ2) is 3.40. The van der Waals surface area contributed by atoms with Gasteiger partial charge in [0.2, 0.25) is 0 Å². The van der Waals surface area contributed by atoms with Crippen LogP contribution < -0.4 is 5.73 Å². The lowest BCUT2D eigenvalue weighted by molar-refractivity contribution is 0.708. The fourth-order valence-corrected chi connectivity index (χ4v) is 2.89. The van der Waals surface area contributed by atoms with Gasteiger partial charge in [0.05, 0.1) is 16.4 Å². The van der Waals surface area contributed by atoms with E-state index in [1.165, 1.54) is 4.70 Å². The number of hydrogen-bond donors (Lipinski definition) is 1. The van der Waals surface area contributed by atoms with Crippen LogP contribution in [0.1, 0.15) is 17.3 Å². The third kappa shape index (κ3) is 1.56. The van der Waals surface area contributed by atoms with Crippen LogP contribution in [-0.2, 0) is 0 Å². The molecular weight excluding hydrogens is 206 g/mol. The van der Waals surface area contributed by atoms with E-state index in [4.69, 9.17) is 5.73 Å². The minimum absolute atomic E-state index is 0.195. The van der Waals surface area contributed by atoms with Crippen LogP contribution >= 0.6 is 11.3 Å². The van der Waals surface area contributed by atoms with Gasteiger partial charge in [0.15, 0.2) is 0 Å². The third-order valence-electron chi connectivity index (χ3n) is 2.64. The van der Waals surface area contributed by atoms with Crippen LogP contribution in [0.5, 0.6) is 0 Å². The lowest BCUT2D eigenvalue weighted by Crippen LogP contribution is -2.14. The van der Waals surface area contributed by atoms with E-state index >= 15 is 0 Å². The number of nitrogens with two attached hydrogens (primary N) is 1. The van der Waals surface area contributed by atoms with Crippen molar-refractivity contribution in [3.8, 4) is 0 Å². The molecule has 3 nitrogen and oxygen atoms in total. The molecular formula is C11H11N3S. The number of hydrogen-bond acceptors (Lipinski definition) is 4. The van der Waals surface area contributed by atoms with E-state index in [0.29, 0.717) is 5.92 Å². The molecule has 0 bridgehead atoms. The lowest BCUT2D eigenvalue weighted by Gasteiger charge is -2.03. The first-order valence-corrected chi connectivity index (χ1v) is 5.79. The maximum absolute atomic E-state index is 5.83. The first-order chi connectivity index (χ1) is 7.33. The first kappa shape index (κ1) is 9.00. The Morgan fingerprint density at radius 1 is 1.40 bits per heavy atom. The fraction of sp³-hybridized carbons (Fsp3) is 0.273. The summed E-state index contributed by atoms with van der Waals surface area (Å²) in [6.07, 6.45) is 8.83. The van der Waals surface area contributed by atoms with Gasteiger partial charge in [-0.2, -0.15) is 0 Å². The van der Waals surface area contributed by atoms with E-state index < -0.39 is 0 Å². The molecule has 0 aliphatic heterocycles. The van der Waals surface area contributed by atoms with Crippen molar-refractivity contribution in [1.29, 1.82) is 0 Å². The van der Waals surface area contributed by atoms with Crippen molar-refractivity contribution in [1.82, 2.24) is 9.97 Å². The quantitative estimate of drug-likeness (QED) is 0.744. The van der Waals surface area contributed by atoms with Crippen molar-refractivity contribution in [3.63, 3.8) is 0 Å².